The van der Waals surface area contributed by atoms with Gasteiger partial charge in [-0.1, -0.05) is 6.07 Å². The number of aliphatic hydroxyl groups excluding tert-OH is 1. The number of ether oxygens (including phenoxy) is 1. The number of hydrogen-bond acceptors (Lipinski definition) is 7. The van der Waals surface area contributed by atoms with E-state index in [1.54, 1.807) is 24.4 Å². The quantitative estimate of drug-likeness (QED) is 0.369. The maximum Gasteiger partial charge on any atom is 0.238 e. The van der Waals surface area contributed by atoms with Crippen LogP contribution in [0.1, 0.15) is 42.7 Å². The zero-order valence-electron chi connectivity index (χ0n) is 20.6. The van der Waals surface area contributed by atoms with Crippen LogP contribution < -0.4 is 15.4 Å². The monoisotopic (exact) mass is 502 g/mol. The number of benzene rings is 1. The number of nitrogens with one attached hydrogen (secondary N) is 3. The van der Waals surface area contributed by atoms with Crippen LogP contribution in [-0.4, -0.2) is 64.1 Å². The lowest BCUT2D eigenvalue weighted by Crippen LogP contribution is -2.48. The molecule has 192 valence electrons. The molecule has 10 nitrogen and oxygen atoms in total. The van der Waals surface area contributed by atoms with Crippen molar-refractivity contribution in [2.45, 2.75) is 43.5 Å². The number of amides is 2. The van der Waals surface area contributed by atoms with Gasteiger partial charge >= 0.3 is 0 Å². The third-order valence-electron chi connectivity index (χ3n) is 7.43. The highest BCUT2D eigenvalue weighted by molar-refractivity contribution is 5.87. The molecule has 2 fully saturated rings. The summed E-state index contributed by atoms with van der Waals surface area (Å²) in [6.45, 7) is 1.03. The average molecular weight is 503 g/mol. The minimum Gasteiger partial charge on any atom is -0.496 e. The average Bonchev–Trinajstić information content (AvgIpc) is 3.66. The summed E-state index contributed by atoms with van der Waals surface area (Å²) in [5, 5.41) is 27.6. The molecular weight excluding hydrogens is 472 g/mol. The molecule has 2 aliphatic rings. The Bertz CT molecular complexity index is 1320. The smallest absolute Gasteiger partial charge is 0.238 e. The number of rotatable bonds is 8. The Balaban J connectivity index is 1.39. The van der Waals surface area contributed by atoms with E-state index in [4.69, 9.17) is 4.74 Å². The van der Waals surface area contributed by atoms with Crippen molar-refractivity contribution in [2.75, 3.05) is 20.2 Å². The Labute approximate surface area is 214 Å². The first kappa shape index (κ1) is 24.7. The predicted octanol–water partition coefficient (Wildman–Crippen LogP) is 1.96. The molecule has 4 N–H and O–H groups in total. The number of H-pyrrole nitrogens is 1. The Kier molecular flexibility index (Phi) is 7.08. The Morgan fingerprint density at radius 3 is 2.86 bits per heavy atom. The van der Waals surface area contributed by atoms with E-state index in [9.17, 15) is 20.0 Å². The standard InChI is InChI=1S/C27H30N6O4/c1-37-24-4-2-3-21-20(24)13-22(32-21)27(36)33-15-18(16-5-8-29-9-6-16)12-23(33)26(35)31-19(14-28)11-17-7-10-30-25(17)34/h2-6,8-9,13,17-19,23,27,32,36H,7,10-12,15H2,1H3,(H,30,34)(H,31,35)/t17-,18+,19-,23-,27?/m0/s1. The zero-order chi connectivity index (χ0) is 25.9. The largest absolute Gasteiger partial charge is 0.496 e. The summed E-state index contributed by atoms with van der Waals surface area (Å²) in [5.74, 6) is -0.0337. The molecular formula is C27H30N6O4. The molecule has 5 atom stereocenters. The van der Waals surface area contributed by atoms with Crippen molar-refractivity contribution in [1.29, 1.82) is 5.26 Å². The lowest BCUT2D eigenvalue weighted by Gasteiger charge is -2.29. The van der Waals surface area contributed by atoms with Crippen molar-refractivity contribution in [3.8, 4) is 11.8 Å². The molecule has 0 spiro atoms. The number of methoxy groups -OCH3 is 1. The highest BCUT2D eigenvalue weighted by Gasteiger charge is 2.42. The lowest BCUT2D eigenvalue weighted by molar-refractivity contribution is -0.130. The summed E-state index contributed by atoms with van der Waals surface area (Å²) in [5.41, 5.74) is 2.39. The zero-order valence-corrected chi connectivity index (χ0v) is 20.6. The first-order valence-corrected chi connectivity index (χ1v) is 12.5. The molecule has 1 unspecified atom stereocenters. The summed E-state index contributed by atoms with van der Waals surface area (Å²) in [4.78, 5) is 34.6. The van der Waals surface area contributed by atoms with Gasteiger partial charge in [0.1, 0.15) is 18.0 Å². The van der Waals surface area contributed by atoms with Crippen molar-refractivity contribution in [3.05, 3.63) is 60.0 Å². The van der Waals surface area contributed by atoms with E-state index in [-0.39, 0.29) is 30.1 Å². The Morgan fingerprint density at radius 1 is 1.35 bits per heavy atom. The van der Waals surface area contributed by atoms with E-state index >= 15 is 0 Å². The summed E-state index contributed by atoms with van der Waals surface area (Å²) in [6.07, 6.45) is 3.73. The summed E-state index contributed by atoms with van der Waals surface area (Å²) < 4.78 is 5.45. The highest BCUT2D eigenvalue weighted by atomic mass is 16.5. The number of pyridine rings is 1. The van der Waals surface area contributed by atoms with Crippen LogP contribution in [0.25, 0.3) is 10.9 Å². The number of hydrogen-bond donors (Lipinski definition) is 4. The topological polar surface area (TPSA) is 143 Å². The van der Waals surface area contributed by atoms with Gasteiger partial charge in [-0.25, -0.2) is 0 Å². The molecule has 3 aromatic rings. The van der Waals surface area contributed by atoms with Gasteiger partial charge in [0, 0.05) is 42.3 Å². The van der Waals surface area contributed by atoms with Gasteiger partial charge in [0.15, 0.2) is 0 Å². The molecule has 2 aliphatic heterocycles. The van der Waals surface area contributed by atoms with Gasteiger partial charge in [0.25, 0.3) is 0 Å². The van der Waals surface area contributed by atoms with E-state index in [0.717, 1.165) is 16.5 Å². The third kappa shape index (κ3) is 5.01. The SMILES string of the molecule is COc1cccc2[nH]c(C(O)N3C[C@H](c4ccncc4)C[C@H]3C(=O)N[C@H](C#N)C[C@@H]3CCNC3=O)cc12. The first-order valence-electron chi connectivity index (χ1n) is 12.5. The molecule has 0 bridgehead atoms. The predicted molar refractivity (Wildman–Crippen MR) is 135 cm³/mol. The number of fused-ring (bicyclic) bond motifs is 1. The summed E-state index contributed by atoms with van der Waals surface area (Å²) in [6, 6.07) is 12.0. The molecule has 1 aromatic carbocycles. The van der Waals surface area contributed by atoms with Gasteiger partial charge in [-0.05, 0) is 61.1 Å². The second-order valence-electron chi connectivity index (χ2n) is 9.65. The fourth-order valence-electron chi connectivity index (χ4n) is 5.48. The molecule has 4 heterocycles. The highest BCUT2D eigenvalue weighted by Crippen LogP contribution is 2.38. The minimum atomic E-state index is -1.08. The van der Waals surface area contributed by atoms with Crippen molar-refractivity contribution in [3.63, 3.8) is 0 Å². The van der Waals surface area contributed by atoms with Crippen LogP contribution in [-0.2, 0) is 9.59 Å². The molecule has 37 heavy (non-hydrogen) atoms. The van der Waals surface area contributed by atoms with Crippen molar-refractivity contribution in [2.24, 2.45) is 5.92 Å². The van der Waals surface area contributed by atoms with E-state index in [2.05, 4.69) is 26.7 Å². The third-order valence-corrected chi connectivity index (χ3v) is 7.43. The number of nitriles is 1. The van der Waals surface area contributed by atoms with Crippen LogP contribution in [0.15, 0.2) is 48.8 Å². The van der Waals surface area contributed by atoms with Crippen LogP contribution in [0, 0.1) is 17.2 Å². The number of nitrogens with zero attached hydrogens (tertiary/aromatic N) is 3. The molecule has 2 aromatic heterocycles. The van der Waals surface area contributed by atoms with Crippen molar-refractivity contribution >= 4 is 22.7 Å². The van der Waals surface area contributed by atoms with E-state index in [0.29, 0.717) is 37.4 Å². The fraction of sp³-hybridized carbons (Fsp3) is 0.407. The van der Waals surface area contributed by atoms with Crippen LogP contribution in [0.3, 0.4) is 0 Å². The Morgan fingerprint density at radius 2 is 2.16 bits per heavy atom. The number of aromatic amines is 1. The number of carbonyl (C=O) groups is 2. The van der Waals surface area contributed by atoms with Crippen molar-refractivity contribution < 1.29 is 19.4 Å². The minimum absolute atomic E-state index is 0.00606. The van der Waals surface area contributed by atoms with Crippen molar-refractivity contribution in [1.82, 2.24) is 25.5 Å². The second kappa shape index (κ2) is 10.6. The first-order chi connectivity index (χ1) is 18.0. The second-order valence-corrected chi connectivity index (χ2v) is 9.65. The fourth-order valence-corrected chi connectivity index (χ4v) is 5.48. The number of aliphatic hydroxyl groups is 1. The molecule has 5 rings (SSSR count). The van der Waals surface area contributed by atoms with Gasteiger partial charge in [0.05, 0.1) is 24.9 Å². The molecule has 2 amide bonds. The maximum atomic E-state index is 13.5. The van der Waals surface area contributed by atoms with Crippen LogP contribution >= 0.6 is 0 Å². The Hall–Kier alpha value is -3.94. The molecule has 0 radical (unpaired) electrons. The summed E-state index contributed by atoms with van der Waals surface area (Å²) >= 11 is 0. The number of aromatic nitrogens is 2. The molecule has 0 aliphatic carbocycles. The van der Waals surface area contributed by atoms with Gasteiger partial charge < -0.3 is 25.5 Å². The van der Waals surface area contributed by atoms with Gasteiger partial charge in [-0.3, -0.25) is 19.5 Å². The number of likely N-dealkylation sites (tertiary alicyclic amines) is 1. The molecule has 10 heteroatoms. The van der Waals surface area contributed by atoms with Gasteiger partial charge in [0.2, 0.25) is 11.8 Å². The maximum absolute atomic E-state index is 13.5. The molecule has 2 saturated heterocycles. The van der Waals surface area contributed by atoms with Crippen LogP contribution in [0.5, 0.6) is 5.75 Å². The normalized spacial score (nSPS) is 23.4. The van der Waals surface area contributed by atoms with E-state index < -0.39 is 18.3 Å². The number of carbonyl (C=O) groups excluding carboxylic acids is 2. The molecule has 0 saturated carbocycles. The lowest BCUT2D eigenvalue weighted by atomic mass is 9.96. The van der Waals surface area contributed by atoms with Crippen LogP contribution in [0.4, 0.5) is 0 Å². The van der Waals surface area contributed by atoms with E-state index in [1.165, 1.54) is 0 Å². The van der Waals surface area contributed by atoms with E-state index in [1.807, 2.05) is 36.4 Å². The van der Waals surface area contributed by atoms with Gasteiger partial charge in [-0.15, -0.1) is 0 Å². The summed E-state index contributed by atoms with van der Waals surface area (Å²) in [7, 11) is 1.60. The van der Waals surface area contributed by atoms with Crippen LogP contribution in [0.2, 0.25) is 0 Å². The van der Waals surface area contributed by atoms with Gasteiger partial charge in [-0.2, -0.15) is 5.26 Å².